The smallest absolute Gasteiger partial charge is 0.611 e. The van der Waals surface area contributed by atoms with Gasteiger partial charge in [0.2, 0.25) is 0 Å². The van der Waals surface area contributed by atoms with Gasteiger partial charge in [-0.05, 0) is 39.5 Å². The van der Waals surface area contributed by atoms with Crippen molar-refractivity contribution in [3.05, 3.63) is 72.8 Å². The van der Waals surface area contributed by atoms with Gasteiger partial charge in [0.1, 0.15) is 0 Å². The summed E-state index contributed by atoms with van der Waals surface area (Å²) in [4.78, 5) is 0. The molecule has 0 atom stereocenters. The van der Waals surface area contributed by atoms with E-state index in [9.17, 15) is 0 Å². The third kappa shape index (κ3) is 2.03. The molecule has 0 aliphatic carbocycles. The van der Waals surface area contributed by atoms with Gasteiger partial charge in [-0.2, -0.15) is 0 Å². The lowest BCUT2D eigenvalue weighted by molar-refractivity contribution is 0.440. The first-order chi connectivity index (χ1) is 11.8. The van der Waals surface area contributed by atoms with E-state index in [1.807, 2.05) is 0 Å². The topological polar surface area (TPSA) is 18.5 Å². The van der Waals surface area contributed by atoms with Crippen molar-refractivity contribution in [1.29, 1.82) is 0 Å². The second-order valence-corrected chi connectivity index (χ2v) is 7.73. The van der Waals surface area contributed by atoms with Gasteiger partial charge in [-0.3, -0.25) is 0 Å². The van der Waals surface area contributed by atoms with Crippen molar-refractivity contribution >= 4 is 36.4 Å². The normalized spacial score (nSPS) is 13.0. The number of benzene rings is 4. The molecular formula is C21H15AlO2. The average Bonchev–Trinajstić information content (AvgIpc) is 2.77. The maximum Gasteiger partial charge on any atom is 0.853 e. The van der Waals surface area contributed by atoms with Gasteiger partial charge in [-0.25, -0.2) is 0 Å². The molecule has 0 aromatic heterocycles. The molecule has 3 heteroatoms. The van der Waals surface area contributed by atoms with E-state index in [0.29, 0.717) is 0 Å². The van der Waals surface area contributed by atoms with E-state index in [0.717, 1.165) is 22.6 Å². The highest BCUT2D eigenvalue weighted by Gasteiger charge is 2.32. The molecule has 0 fully saturated rings. The van der Waals surface area contributed by atoms with Crippen molar-refractivity contribution < 1.29 is 7.58 Å². The lowest BCUT2D eigenvalue weighted by Gasteiger charge is -2.15. The van der Waals surface area contributed by atoms with Crippen molar-refractivity contribution in [1.82, 2.24) is 0 Å². The summed E-state index contributed by atoms with van der Waals surface area (Å²) in [7, 11) is 0. The van der Waals surface area contributed by atoms with E-state index in [2.05, 4.69) is 78.6 Å². The van der Waals surface area contributed by atoms with Crippen molar-refractivity contribution in [2.24, 2.45) is 0 Å². The molecule has 1 aliphatic heterocycles. The van der Waals surface area contributed by atoms with E-state index < -0.39 is 14.8 Å². The summed E-state index contributed by atoms with van der Waals surface area (Å²) in [5.74, 6) is 3.94. The van der Waals surface area contributed by atoms with E-state index in [4.69, 9.17) is 7.58 Å². The van der Waals surface area contributed by atoms with Crippen LogP contribution in [0.1, 0.15) is 0 Å². The van der Waals surface area contributed by atoms with Crippen LogP contribution in [-0.2, 0) is 0 Å². The van der Waals surface area contributed by atoms with Crippen LogP contribution in [0.15, 0.2) is 72.8 Å². The van der Waals surface area contributed by atoms with Gasteiger partial charge in [0, 0.05) is 11.1 Å². The number of rotatable bonds is 0. The van der Waals surface area contributed by atoms with E-state index in [1.165, 1.54) is 21.5 Å². The van der Waals surface area contributed by atoms with Crippen LogP contribution in [-0.4, -0.2) is 14.8 Å². The summed E-state index contributed by atoms with van der Waals surface area (Å²) in [5, 5.41) is 4.85. The predicted molar refractivity (Wildman–Crippen MR) is 99.8 cm³/mol. The molecule has 0 unspecified atom stereocenters. The first-order valence-electron chi connectivity index (χ1n) is 8.18. The molecule has 0 N–H and O–H groups in total. The van der Waals surface area contributed by atoms with Crippen molar-refractivity contribution in [3.63, 3.8) is 0 Å². The lowest BCUT2D eigenvalue weighted by atomic mass is 9.92. The molecule has 0 amide bonds. The van der Waals surface area contributed by atoms with Crippen molar-refractivity contribution in [2.45, 2.75) is 5.79 Å². The molecule has 24 heavy (non-hydrogen) atoms. The highest BCUT2D eigenvalue weighted by atomic mass is 27.2. The Kier molecular flexibility index (Phi) is 3.06. The molecule has 0 radical (unpaired) electrons. The molecule has 2 nitrogen and oxygen atoms in total. The van der Waals surface area contributed by atoms with Gasteiger partial charge in [0.25, 0.3) is 0 Å². The third-order valence-electron chi connectivity index (χ3n) is 4.62. The second-order valence-electron chi connectivity index (χ2n) is 6.12. The van der Waals surface area contributed by atoms with Gasteiger partial charge in [-0.1, -0.05) is 60.7 Å². The molecule has 4 aromatic rings. The Morgan fingerprint density at radius 2 is 1.04 bits per heavy atom. The second kappa shape index (κ2) is 5.28. The molecule has 114 valence electrons. The Labute approximate surface area is 145 Å². The molecule has 0 saturated carbocycles. The van der Waals surface area contributed by atoms with E-state index in [1.54, 1.807) is 0 Å². The summed E-state index contributed by atoms with van der Waals surface area (Å²) in [6, 6.07) is 25.4. The summed E-state index contributed by atoms with van der Waals surface area (Å²) in [6.45, 7) is 0. The Balaban J connectivity index is 2.00. The minimum absolute atomic E-state index is 0.933. The van der Waals surface area contributed by atoms with Crippen LogP contribution in [0.25, 0.3) is 32.7 Å². The Hall–Kier alpha value is -2.47. The standard InChI is InChI=1S/C20H14O2.CH3.Al/c21-17-11-9-13-5-1-3-7-15(13)19(17)20-16-8-4-2-6-14(16)10-12-18(20)22;;/h1-12,21-22H;1H3;/q;;+2/p-2. The number of fused-ring (bicyclic) bond motifs is 7. The van der Waals surface area contributed by atoms with Crippen LogP contribution in [0.2, 0.25) is 5.79 Å². The molecule has 1 heterocycles. The van der Waals surface area contributed by atoms with Crippen molar-refractivity contribution in [2.75, 3.05) is 0 Å². The summed E-state index contributed by atoms with van der Waals surface area (Å²) in [6.07, 6.45) is 0. The maximum atomic E-state index is 6.21. The largest absolute Gasteiger partial charge is 0.853 e. The van der Waals surface area contributed by atoms with Crippen LogP contribution in [0.4, 0.5) is 0 Å². The van der Waals surface area contributed by atoms with Gasteiger partial charge >= 0.3 is 14.8 Å². The fraction of sp³-hybridized carbons (Fsp3) is 0.0476. The quantitative estimate of drug-likeness (QED) is 0.394. The third-order valence-corrected chi connectivity index (χ3v) is 5.79. The zero-order valence-corrected chi connectivity index (χ0v) is 14.5. The van der Waals surface area contributed by atoms with Crippen LogP contribution >= 0.6 is 0 Å². The Morgan fingerprint density at radius 3 is 1.54 bits per heavy atom. The van der Waals surface area contributed by atoms with Gasteiger partial charge < -0.3 is 7.58 Å². The van der Waals surface area contributed by atoms with Crippen LogP contribution < -0.4 is 7.58 Å². The van der Waals surface area contributed by atoms with E-state index in [-0.39, 0.29) is 0 Å². The van der Waals surface area contributed by atoms with Crippen LogP contribution in [0.3, 0.4) is 0 Å². The monoisotopic (exact) mass is 326 g/mol. The summed E-state index contributed by atoms with van der Waals surface area (Å²) < 4.78 is 12.4. The molecule has 4 aromatic carbocycles. The SMILES string of the molecule is [CH3][Al]1[O]c2ccc3ccccc3c2-c2c(ccc3ccccc23)[O]1. The first kappa shape index (κ1) is 13.9. The fourth-order valence-corrected chi connectivity index (χ4v) is 4.75. The minimum Gasteiger partial charge on any atom is -0.611 e. The summed E-state index contributed by atoms with van der Waals surface area (Å²) in [5.41, 5.74) is 2.30. The molecule has 5 rings (SSSR count). The van der Waals surface area contributed by atoms with Gasteiger partial charge in [0.15, 0.2) is 0 Å². The Morgan fingerprint density at radius 1 is 0.583 bits per heavy atom. The molecule has 1 aliphatic rings. The minimum atomic E-state index is -1.77. The molecule has 0 saturated heterocycles. The zero-order valence-electron chi connectivity index (χ0n) is 13.3. The Bertz CT molecular complexity index is 1000. The van der Waals surface area contributed by atoms with Gasteiger partial charge in [0.05, 0.1) is 11.5 Å². The first-order valence-corrected chi connectivity index (χ1v) is 10.3. The van der Waals surface area contributed by atoms with Crippen molar-refractivity contribution in [3.8, 4) is 22.6 Å². The number of hydrogen-bond acceptors (Lipinski definition) is 2. The zero-order chi connectivity index (χ0) is 16.1. The van der Waals surface area contributed by atoms with Crippen LogP contribution in [0, 0.1) is 0 Å². The lowest BCUT2D eigenvalue weighted by Crippen LogP contribution is -2.24. The predicted octanol–water partition coefficient (Wildman–Crippen LogP) is 5.55. The number of hydrogen-bond donors (Lipinski definition) is 0. The highest BCUT2D eigenvalue weighted by Crippen LogP contribution is 2.47. The van der Waals surface area contributed by atoms with Crippen LogP contribution in [0.5, 0.6) is 11.5 Å². The fourth-order valence-electron chi connectivity index (χ4n) is 3.60. The van der Waals surface area contributed by atoms with E-state index >= 15 is 0 Å². The molecule has 0 spiro atoms. The van der Waals surface area contributed by atoms with Gasteiger partial charge in [-0.15, -0.1) is 0 Å². The highest BCUT2D eigenvalue weighted by molar-refractivity contribution is 6.45. The molecule has 0 bridgehead atoms. The molecular weight excluding hydrogens is 311 g/mol. The average molecular weight is 326 g/mol. The maximum absolute atomic E-state index is 6.21. The summed E-state index contributed by atoms with van der Waals surface area (Å²) >= 11 is -1.77.